The average Bonchev–Trinajstić information content (AvgIpc) is 3.05. The van der Waals surface area contributed by atoms with E-state index in [0.717, 1.165) is 29.8 Å². The summed E-state index contributed by atoms with van der Waals surface area (Å²) in [5.41, 5.74) is 7.45. The maximum atomic E-state index is 12.9. The number of amides is 1. The lowest BCUT2D eigenvalue weighted by Gasteiger charge is -2.35. The van der Waals surface area contributed by atoms with Gasteiger partial charge in [0.05, 0.1) is 18.6 Å². The lowest BCUT2D eigenvalue weighted by atomic mass is 9.96. The van der Waals surface area contributed by atoms with Crippen LogP contribution in [0.4, 0.5) is 0 Å². The van der Waals surface area contributed by atoms with Gasteiger partial charge in [-0.2, -0.15) is 0 Å². The summed E-state index contributed by atoms with van der Waals surface area (Å²) in [7, 11) is 0. The van der Waals surface area contributed by atoms with Crippen LogP contribution in [0.5, 0.6) is 0 Å². The van der Waals surface area contributed by atoms with E-state index in [4.69, 9.17) is 16.3 Å². The number of ether oxygens (including phenoxy) is 1. The van der Waals surface area contributed by atoms with Crippen LogP contribution in [0.1, 0.15) is 25.3 Å². The molecule has 5 nitrogen and oxygen atoms in total. The number of nitrogens with zero attached hydrogens (tertiary/aromatic N) is 1. The summed E-state index contributed by atoms with van der Waals surface area (Å²) in [4.78, 5) is 14.9. The van der Waals surface area contributed by atoms with Crippen LogP contribution in [0, 0.1) is 5.92 Å². The van der Waals surface area contributed by atoms with E-state index >= 15 is 0 Å². The summed E-state index contributed by atoms with van der Waals surface area (Å²) >= 11 is 6.25. The third-order valence-electron chi connectivity index (χ3n) is 4.87. The van der Waals surface area contributed by atoms with Crippen LogP contribution in [-0.4, -0.2) is 49.2 Å². The lowest BCUT2D eigenvalue weighted by Crippen LogP contribution is -2.50. The Kier molecular flexibility index (Phi) is 6.11. The fourth-order valence-corrected chi connectivity index (χ4v) is 3.79. The minimum atomic E-state index is 0.00884. The van der Waals surface area contributed by atoms with Crippen molar-refractivity contribution in [2.75, 3.05) is 26.2 Å². The molecule has 6 heteroatoms. The largest absolute Gasteiger partial charge is 0.374 e. The molecule has 24 heavy (non-hydrogen) atoms. The molecule has 0 bridgehead atoms. The van der Waals surface area contributed by atoms with Gasteiger partial charge in [0, 0.05) is 37.1 Å². The number of carbonyl (C=O) groups is 1. The molecule has 0 aliphatic carbocycles. The molecule has 0 spiro atoms. The van der Waals surface area contributed by atoms with Gasteiger partial charge in [-0.1, -0.05) is 43.1 Å². The number of carbonyl (C=O) groups excluding carboxylic acids is 1. The second kappa shape index (κ2) is 8.30. The van der Waals surface area contributed by atoms with Crippen LogP contribution >= 0.6 is 11.6 Å². The first-order valence-electron chi connectivity index (χ1n) is 8.81. The van der Waals surface area contributed by atoms with Crippen molar-refractivity contribution in [2.24, 2.45) is 5.92 Å². The van der Waals surface area contributed by atoms with Crippen molar-refractivity contribution in [1.29, 1.82) is 0 Å². The van der Waals surface area contributed by atoms with Crippen molar-refractivity contribution in [3.05, 3.63) is 34.9 Å². The molecule has 2 fully saturated rings. The smallest absolute Gasteiger partial charge is 0.228 e. The molecule has 2 N–H and O–H groups in total. The molecule has 0 aromatic heterocycles. The summed E-state index contributed by atoms with van der Waals surface area (Å²) in [6.07, 6.45) is 2.83. The molecule has 0 saturated carbocycles. The molecular weight excluding hydrogens is 326 g/mol. The second-order valence-corrected chi connectivity index (χ2v) is 7.01. The zero-order valence-corrected chi connectivity index (χ0v) is 14.9. The molecule has 3 atom stereocenters. The molecule has 3 unspecified atom stereocenters. The lowest BCUT2D eigenvalue weighted by molar-refractivity contribution is -0.143. The van der Waals surface area contributed by atoms with Crippen molar-refractivity contribution in [3.63, 3.8) is 0 Å². The number of rotatable bonds is 5. The number of morpholine rings is 1. The Labute approximate surface area is 148 Å². The quantitative estimate of drug-likeness (QED) is 0.852. The third kappa shape index (κ3) is 4.09. The van der Waals surface area contributed by atoms with Gasteiger partial charge in [-0.15, -0.1) is 0 Å². The summed E-state index contributed by atoms with van der Waals surface area (Å²) in [6, 6.07) is 8.06. The van der Waals surface area contributed by atoms with E-state index in [-0.39, 0.29) is 24.0 Å². The third-order valence-corrected chi connectivity index (χ3v) is 5.24. The zero-order chi connectivity index (χ0) is 16.9. The minimum Gasteiger partial charge on any atom is -0.374 e. The van der Waals surface area contributed by atoms with Crippen molar-refractivity contribution >= 4 is 17.5 Å². The molecule has 2 aliphatic rings. The predicted octanol–water partition coefficient (Wildman–Crippen LogP) is 2.00. The monoisotopic (exact) mass is 351 g/mol. The Bertz CT molecular complexity index is 569. The van der Waals surface area contributed by atoms with Gasteiger partial charge in [-0.3, -0.25) is 15.6 Å². The van der Waals surface area contributed by atoms with Crippen molar-refractivity contribution in [1.82, 2.24) is 15.8 Å². The zero-order valence-electron chi connectivity index (χ0n) is 14.1. The molecule has 0 radical (unpaired) electrons. The van der Waals surface area contributed by atoms with Crippen LogP contribution in [0.3, 0.4) is 0 Å². The summed E-state index contributed by atoms with van der Waals surface area (Å²) in [6.45, 7) is 4.76. The van der Waals surface area contributed by atoms with Crippen LogP contribution in [0.25, 0.3) is 0 Å². The van der Waals surface area contributed by atoms with Crippen molar-refractivity contribution < 1.29 is 9.53 Å². The Hall–Kier alpha value is -1.14. The molecule has 2 aliphatic heterocycles. The SMILES string of the molecule is CCCC1NNCC1C(=O)N1CCOC(Cc2ccccc2Cl)C1. The van der Waals surface area contributed by atoms with Gasteiger partial charge >= 0.3 is 0 Å². The van der Waals surface area contributed by atoms with Gasteiger partial charge in [-0.25, -0.2) is 0 Å². The number of nitrogens with one attached hydrogen (secondary N) is 2. The molecule has 1 aromatic carbocycles. The first-order valence-corrected chi connectivity index (χ1v) is 9.19. The normalized spacial score (nSPS) is 27.4. The van der Waals surface area contributed by atoms with Gasteiger partial charge in [0.15, 0.2) is 0 Å². The number of hydrazine groups is 1. The van der Waals surface area contributed by atoms with E-state index < -0.39 is 0 Å². The number of halogens is 1. The van der Waals surface area contributed by atoms with Crippen LogP contribution < -0.4 is 10.9 Å². The molecular formula is C18H26ClN3O2. The number of benzene rings is 1. The van der Waals surface area contributed by atoms with Crippen LogP contribution in [-0.2, 0) is 16.0 Å². The Morgan fingerprint density at radius 2 is 2.25 bits per heavy atom. The Balaban J connectivity index is 1.61. The summed E-state index contributed by atoms with van der Waals surface area (Å²) in [5, 5.41) is 0.761. The Morgan fingerprint density at radius 3 is 3.04 bits per heavy atom. The highest BCUT2D eigenvalue weighted by Gasteiger charge is 2.36. The number of hydrogen-bond acceptors (Lipinski definition) is 4. The molecule has 1 aromatic rings. The topological polar surface area (TPSA) is 53.6 Å². The van der Waals surface area contributed by atoms with Crippen LogP contribution in [0.2, 0.25) is 5.02 Å². The number of hydrogen-bond donors (Lipinski definition) is 2. The van der Waals surface area contributed by atoms with E-state index in [2.05, 4.69) is 17.8 Å². The van der Waals surface area contributed by atoms with Gasteiger partial charge < -0.3 is 9.64 Å². The van der Waals surface area contributed by atoms with Gasteiger partial charge in [0.2, 0.25) is 5.91 Å². The van der Waals surface area contributed by atoms with Crippen molar-refractivity contribution in [3.8, 4) is 0 Å². The van der Waals surface area contributed by atoms with E-state index in [1.165, 1.54) is 0 Å². The van der Waals surface area contributed by atoms with Gasteiger partial charge in [-0.05, 0) is 18.1 Å². The summed E-state index contributed by atoms with van der Waals surface area (Å²) in [5.74, 6) is 0.252. The van der Waals surface area contributed by atoms with E-state index in [1.807, 2.05) is 29.2 Å². The molecule has 3 rings (SSSR count). The first-order chi connectivity index (χ1) is 11.7. The highest BCUT2D eigenvalue weighted by atomic mass is 35.5. The van der Waals surface area contributed by atoms with E-state index in [9.17, 15) is 4.79 Å². The van der Waals surface area contributed by atoms with E-state index in [0.29, 0.717) is 26.2 Å². The maximum Gasteiger partial charge on any atom is 0.228 e. The average molecular weight is 352 g/mol. The standard InChI is InChI=1S/C18H26ClN3O2/c1-2-5-17-15(11-20-21-17)18(23)22-8-9-24-14(12-22)10-13-6-3-4-7-16(13)19/h3-4,6-7,14-15,17,20-21H,2,5,8-12H2,1H3. The van der Waals surface area contributed by atoms with Crippen molar-refractivity contribution in [2.45, 2.75) is 38.3 Å². The highest BCUT2D eigenvalue weighted by Crippen LogP contribution is 2.22. The molecule has 2 saturated heterocycles. The highest BCUT2D eigenvalue weighted by molar-refractivity contribution is 6.31. The Morgan fingerprint density at radius 1 is 1.42 bits per heavy atom. The summed E-state index contributed by atoms with van der Waals surface area (Å²) < 4.78 is 5.87. The molecule has 1 amide bonds. The van der Waals surface area contributed by atoms with Crippen LogP contribution in [0.15, 0.2) is 24.3 Å². The van der Waals surface area contributed by atoms with Gasteiger partial charge in [0.1, 0.15) is 0 Å². The molecule has 132 valence electrons. The van der Waals surface area contributed by atoms with Gasteiger partial charge in [0.25, 0.3) is 0 Å². The van der Waals surface area contributed by atoms with E-state index in [1.54, 1.807) is 0 Å². The maximum absolute atomic E-state index is 12.9. The second-order valence-electron chi connectivity index (χ2n) is 6.60. The fraction of sp³-hybridized carbons (Fsp3) is 0.611. The first kappa shape index (κ1) is 17.7. The minimum absolute atomic E-state index is 0.00884. The predicted molar refractivity (Wildman–Crippen MR) is 94.8 cm³/mol. The fourth-order valence-electron chi connectivity index (χ4n) is 3.57. The molecule has 2 heterocycles.